The second kappa shape index (κ2) is 4.83. The van der Waals surface area contributed by atoms with E-state index in [0.717, 1.165) is 6.42 Å². The highest BCUT2D eigenvalue weighted by atomic mass is 16.3. The van der Waals surface area contributed by atoms with Crippen molar-refractivity contribution in [3.63, 3.8) is 0 Å². The summed E-state index contributed by atoms with van der Waals surface area (Å²) in [4.78, 5) is 0. The first-order valence-electron chi connectivity index (χ1n) is 5.09. The van der Waals surface area contributed by atoms with Gasteiger partial charge in [-0.1, -0.05) is 20.3 Å². The summed E-state index contributed by atoms with van der Waals surface area (Å²) in [6, 6.07) is 1.02. The van der Waals surface area contributed by atoms with E-state index >= 15 is 0 Å². The van der Waals surface area contributed by atoms with Crippen molar-refractivity contribution in [1.29, 1.82) is 0 Å². The Morgan fingerprint density at radius 1 is 1.42 bits per heavy atom. The average molecular weight is 171 g/mol. The van der Waals surface area contributed by atoms with Gasteiger partial charge in [-0.05, 0) is 25.2 Å². The van der Waals surface area contributed by atoms with Crippen molar-refractivity contribution in [2.45, 2.75) is 51.6 Å². The summed E-state index contributed by atoms with van der Waals surface area (Å²) in [5.74, 6) is 0.676. The van der Waals surface area contributed by atoms with Gasteiger partial charge in [0.15, 0.2) is 0 Å². The molecule has 1 rings (SSSR count). The maximum absolute atomic E-state index is 9.08. The molecule has 1 fully saturated rings. The van der Waals surface area contributed by atoms with Crippen molar-refractivity contribution in [3.8, 4) is 0 Å². The van der Waals surface area contributed by atoms with E-state index in [1.165, 1.54) is 19.3 Å². The summed E-state index contributed by atoms with van der Waals surface area (Å²) in [6.45, 7) is 4.69. The van der Waals surface area contributed by atoms with Crippen LogP contribution in [0.15, 0.2) is 0 Å². The van der Waals surface area contributed by atoms with E-state index in [9.17, 15) is 0 Å². The van der Waals surface area contributed by atoms with Crippen LogP contribution >= 0.6 is 0 Å². The number of nitrogens with one attached hydrogen (secondary N) is 1. The summed E-state index contributed by atoms with van der Waals surface area (Å²) in [5.41, 5.74) is 0. The largest absolute Gasteiger partial charge is 0.395 e. The van der Waals surface area contributed by atoms with E-state index in [1.807, 2.05) is 0 Å². The molecule has 2 nitrogen and oxygen atoms in total. The first-order chi connectivity index (χ1) is 5.72. The fourth-order valence-corrected chi connectivity index (χ4v) is 1.67. The molecule has 2 heteroatoms. The third-order valence-corrected chi connectivity index (χ3v) is 2.55. The Morgan fingerprint density at radius 3 is 2.42 bits per heavy atom. The molecule has 0 aliphatic heterocycles. The van der Waals surface area contributed by atoms with Crippen LogP contribution in [0.2, 0.25) is 0 Å². The van der Waals surface area contributed by atoms with Crippen LogP contribution in [0.4, 0.5) is 0 Å². The maximum atomic E-state index is 9.08. The number of rotatable bonds is 5. The zero-order valence-electron chi connectivity index (χ0n) is 8.21. The van der Waals surface area contributed by atoms with Gasteiger partial charge in [0, 0.05) is 12.1 Å². The highest BCUT2D eigenvalue weighted by Gasteiger charge is 2.20. The standard InChI is InChI=1S/C10H21NO/c1-8(2)6-10(7-12)11-9-4-3-5-9/h8-12H,3-7H2,1-2H3/t10-/m1/s1. The van der Waals surface area contributed by atoms with Crippen LogP contribution in [-0.4, -0.2) is 23.8 Å². The van der Waals surface area contributed by atoms with Crippen molar-refractivity contribution in [2.75, 3.05) is 6.61 Å². The van der Waals surface area contributed by atoms with Gasteiger partial charge in [0.25, 0.3) is 0 Å². The van der Waals surface area contributed by atoms with Crippen molar-refractivity contribution in [1.82, 2.24) is 5.32 Å². The molecule has 1 aliphatic carbocycles. The number of aliphatic hydroxyl groups excluding tert-OH is 1. The van der Waals surface area contributed by atoms with E-state index < -0.39 is 0 Å². The Bertz CT molecular complexity index is 121. The molecular formula is C10H21NO. The molecule has 0 saturated heterocycles. The van der Waals surface area contributed by atoms with Gasteiger partial charge < -0.3 is 10.4 Å². The minimum absolute atomic E-state index is 0.286. The Morgan fingerprint density at radius 2 is 2.08 bits per heavy atom. The number of hydrogen-bond donors (Lipinski definition) is 2. The monoisotopic (exact) mass is 171 g/mol. The summed E-state index contributed by atoms with van der Waals surface area (Å²) in [5, 5.41) is 12.6. The molecule has 0 aromatic heterocycles. The predicted molar refractivity (Wildman–Crippen MR) is 51.1 cm³/mol. The second-order valence-electron chi connectivity index (χ2n) is 4.30. The molecule has 72 valence electrons. The predicted octanol–water partition coefficient (Wildman–Crippen LogP) is 1.54. The lowest BCUT2D eigenvalue weighted by Crippen LogP contribution is -2.44. The first kappa shape index (κ1) is 10.0. The van der Waals surface area contributed by atoms with Gasteiger partial charge in [-0.15, -0.1) is 0 Å². The topological polar surface area (TPSA) is 32.3 Å². The van der Waals surface area contributed by atoms with Crippen molar-refractivity contribution >= 4 is 0 Å². The highest BCUT2D eigenvalue weighted by Crippen LogP contribution is 2.19. The fourth-order valence-electron chi connectivity index (χ4n) is 1.67. The lowest BCUT2D eigenvalue weighted by molar-refractivity contribution is 0.191. The van der Waals surface area contributed by atoms with Gasteiger partial charge >= 0.3 is 0 Å². The van der Waals surface area contributed by atoms with Gasteiger partial charge in [0.05, 0.1) is 6.61 Å². The zero-order valence-corrected chi connectivity index (χ0v) is 8.21. The molecule has 1 atom stereocenters. The van der Waals surface area contributed by atoms with Crippen molar-refractivity contribution in [2.24, 2.45) is 5.92 Å². The SMILES string of the molecule is CC(C)C[C@H](CO)NC1CCC1. The van der Waals surface area contributed by atoms with E-state index in [2.05, 4.69) is 19.2 Å². The van der Waals surface area contributed by atoms with Gasteiger partial charge in [0.2, 0.25) is 0 Å². The molecule has 1 aliphatic rings. The molecule has 0 spiro atoms. The average Bonchev–Trinajstić information content (AvgIpc) is 1.93. The normalized spacial score (nSPS) is 21.0. The number of aliphatic hydroxyl groups is 1. The molecule has 1 saturated carbocycles. The Labute approximate surface area is 75.4 Å². The van der Waals surface area contributed by atoms with Crippen molar-refractivity contribution < 1.29 is 5.11 Å². The lowest BCUT2D eigenvalue weighted by Gasteiger charge is -2.31. The molecule has 2 N–H and O–H groups in total. The molecular weight excluding hydrogens is 150 g/mol. The summed E-state index contributed by atoms with van der Waals surface area (Å²) in [7, 11) is 0. The summed E-state index contributed by atoms with van der Waals surface area (Å²) >= 11 is 0. The van der Waals surface area contributed by atoms with Gasteiger partial charge in [-0.2, -0.15) is 0 Å². The molecule has 12 heavy (non-hydrogen) atoms. The van der Waals surface area contributed by atoms with Crippen LogP contribution < -0.4 is 5.32 Å². The lowest BCUT2D eigenvalue weighted by atomic mass is 9.91. The first-order valence-corrected chi connectivity index (χ1v) is 5.09. The zero-order chi connectivity index (χ0) is 8.97. The maximum Gasteiger partial charge on any atom is 0.0584 e. The third kappa shape index (κ3) is 3.11. The van der Waals surface area contributed by atoms with E-state index in [1.54, 1.807) is 0 Å². The summed E-state index contributed by atoms with van der Waals surface area (Å²) < 4.78 is 0. The van der Waals surface area contributed by atoms with Crippen LogP contribution in [0.3, 0.4) is 0 Å². The van der Waals surface area contributed by atoms with Crippen LogP contribution in [0.25, 0.3) is 0 Å². The minimum atomic E-state index is 0.286. The molecule has 0 aromatic rings. The molecule has 0 radical (unpaired) electrons. The molecule has 0 bridgehead atoms. The quantitative estimate of drug-likeness (QED) is 0.657. The van der Waals surface area contributed by atoms with E-state index in [4.69, 9.17) is 5.11 Å². The van der Waals surface area contributed by atoms with E-state index in [0.29, 0.717) is 18.0 Å². The van der Waals surface area contributed by atoms with Gasteiger partial charge in [-0.25, -0.2) is 0 Å². The van der Waals surface area contributed by atoms with Crippen LogP contribution in [0.1, 0.15) is 39.5 Å². The van der Waals surface area contributed by atoms with Gasteiger partial charge in [0.1, 0.15) is 0 Å². The Kier molecular flexibility index (Phi) is 4.02. The Hall–Kier alpha value is -0.0800. The van der Waals surface area contributed by atoms with Crippen LogP contribution in [-0.2, 0) is 0 Å². The number of hydrogen-bond acceptors (Lipinski definition) is 2. The van der Waals surface area contributed by atoms with Crippen LogP contribution in [0.5, 0.6) is 0 Å². The highest BCUT2D eigenvalue weighted by molar-refractivity contribution is 4.80. The molecule has 0 unspecified atom stereocenters. The van der Waals surface area contributed by atoms with Crippen LogP contribution in [0, 0.1) is 5.92 Å². The molecule has 0 aromatic carbocycles. The molecule has 0 heterocycles. The summed E-state index contributed by atoms with van der Waals surface area (Å²) in [6.07, 6.45) is 5.05. The third-order valence-electron chi connectivity index (χ3n) is 2.55. The smallest absolute Gasteiger partial charge is 0.0584 e. The molecule has 0 amide bonds. The Balaban J connectivity index is 2.15. The minimum Gasteiger partial charge on any atom is -0.395 e. The second-order valence-corrected chi connectivity index (χ2v) is 4.30. The van der Waals surface area contributed by atoms with E-state index in [-0.39, 0.29) is 6.61 Å². The van der Waals surface area contributed by atoms with Gasteiger partial charge in [-0.3, -0.25) is 0 Å². The van der Waals surface area contributed by atoms with Crippen molar-refractivity contribution in [3.05, 3.63) is 0 Å². The fraction of sp³-hybridized carbons (Fsp3) is 1.00.